The molecule has 1 atom stereocenters. The highest BCUT2D eigenvalue weighted by Crippen LogP contribution is 2.15. The fraction of sp³-hybridized carbons (Fsp3) is 0.391. The van der Waals surface area contributed by atoms with E-state index in [1.165, 1.54) is 29.2 Å². The minimum absolute atomic E-state index is 0.0733. The molecule has 0 radical (unpaired) electrons. The maximum Gasteiger partial charge on any atom is 0.242 e. The first-order valence-electron chi connectivity index (χ1n) is 10.7. The third-order valence-corrected chi connectivity index (χ3v) is 6.60. The van der Waals surface area contributed by atoms with Gasteiger partial charge in [-0.3, -0.25) is 9.59 Å². The summed E-state index contributed by atoms with van der Waals surface area (Å²) in [5.41, 5.74) is 1.45. The lowest BCUT2D eigenvalue weighted by atomic mass is 10.1. The van der Waals surface area contributed by atoms with E-state index >= 15 is 0 Å². The van der Waals surface area contributed by atoms with Crippen LogP contribution in [0.5, 0.6) is 0 Å². The zero-order chi connectivity index (χ0) is 24.4. The number of rotatable bonds is 12. The van der Waals surface area contributed by atoms with Gasteiger partial charge in [-0.05, 0) is 48.7 Å². The smallest absolute Gasteiger partial charge is 0.242 e. The molecular formula is C23H30FN3O5S. The molecule has 33 heavy (non-hydrogen) atoms. The van der Waals surface area contributed by atoms with Crippen LogP contribution >= 0.6 is 0 Å². The Morgan fingerprint density at radius 1 is 1.06 bits per heavy atom. The molecule has 10 heteroatoms. The van der Waals surface area contributed by atoms with Crippen molar-refractivity contribution in [1.29, 1.82) is 0 Å². The molecule has 2 aromatic carbocycles. The first-order valence-corrected chi connectivity index (χ1v) is 12.2. The summed E-state index contributed by atoms with van der Waals surface area (Å²) < 4.78 is 39.8. The third-order valence-electron chi connectivity index (χ3n) is 5.04. The number of aliphatic hydroxyl groups excluding tert-OH is 1. The number of sulfonamides is 1. The van der Waals surface area contributed by atoms with Crippen molar-refractivity contribution in [1.82, 2.24) is 14.9 Å². The largest absolute Gasteiger partial charge is 0.395 e. The molecule has 0 aliphatic rings. The van der Waals surface area contributed by atoms with E-state index in [1.54, 1.807) is 38.1 Å². The monoisotopic (exact) mass is 479 g/mol. The van der Waals surface area contributed by atoms with Gasteiger partial charge in [0.15, 0.2) is 0 Å². The van der Waals surface area contributed by atoms with Gasteiger partial charge in [-0.25, -0.2) is 17.5 Å². The van der Waals surface area contributed by atoms with Crippen LogP contribution in [0.15, 0.2) is 53.4 Å². The number of aliphatic hydroxyl groups is 1. The number of nitrogens with zero attached hydrogens (tertiary/aromatic N) is 1. The summed E-state index contributed by atoms with van der Waals surface area (Å²) in [6.45, 7) is 3.54. The van der Waals surface area contributed by atoms with Crippen molar-refractivity contribution in [3.8, 4) is 0 Å². The van der Waals surface area contributed by atoms with Crippen molar-refractivity contribution in [3.05, 3.63) is 65.5 Å². The lowest BCUT2D eigenvalue weighted by Gasteiger charge is -2.29. The Hall–Kier alpha value is -2.82. The number of benzene rings is 2. The van der Waals surface area contributed by atoms with Gasteiger partial charge < -0.3 is 15.3 Å². The number of carbonyl (C=O) groups is 2. The average molecular weight is 480 g/mol. The molecule has 0 fully saturated rings. The van der Waals surface area contributed by atoms with Crippen LogP contribution in [-0.2, 0) is 32.6 Å². The Balaban J connectivity index is 2.11. The molecule has 0 aromatic heterocycles. The van der Waals surface area contributed by atoms with Gasteiger partial charge in [0, 0.05) is 26.1 Å². The number of halogens is 1. The van der Waals surface area contributed by atoms with Crippen molar-refractivity contribution < 1.29 is 27.5 Å². The van der Waals surface area contributed by atoms with Crippen molar-refractivity contribution in [2.24, 2.45) is 0 Å². The van der Waals surface area contributed by atoms with Crippen molar-refractivity contribution in [3.63, 3.8) is 0 Å². The van der Waals surface area contributed by atoms with Gasteiger partial charge in [0.05, 0.1) is 11.5 Å². The van der Waals surface area contributed by atoms with Crippen molar-refractivity contribution in [2.75, 3.05) is 19.7 Å². The van der Waals surface area contributed by atoms with Gasteiger partial charge in [0.2, 0.25) is 21.8 Å². The summed E-state index contributed by atoms with van der Waals surface area (Å²) in [5, 5.41) is 11.5. The predicted molar refractivity (Wildman–Crippen MR) is 122 cm³/mol. The fourth-order valence-electron chi connectivity index (χ4n) is 3.20. The van der Waals surface area contributed by atoms with E-state index in [0.717, 1.165) is 5.56 Å². The maximum absolute atomic E-state index is 13.3. The summed E-state index contributed by atoms with van der Waals surface area (Å²) in [6.07, 6.45) is 0.448. The molecule has 3 N–H and O–H groups in total. The average Bonchev–Trinajstić information content (AvgIpc) is 2.80. The van der Waals surface area contributed by atoms with Crippen LogP contribution in [0, 0.1) is 5.82 Å². The SMILES string of the molecule is CCNS(=O)(=O)c1ccc(CCC(=O)N(Cc2ccc(F)cc2)[C@H](C)C(=O)NCCO)cc1. The quantitative estimate of drug-likeness (QED) is 0.428. The summed E-state index contributed by atoms with van der Waals surface area (Å²) in [7, 11) is -3.55. The number of amides is 2. The van der Waals surface area contributed by atoms with E-state index in [1.807, 2.05) is 0 Å². The molecule has 0 spiro atoms. The standard InChI is InChI=1S/C23H30FN3O5S/c1-3-26-33(31,32)21-11-6-18(7-12-21)8-13-22(29)27(17(2)23(30)25-14-15-28)16-19-4-9-20(24)10-5-19/h4-7,9-12,17,26,28H,3,8,13-16H2,1-2H3,(H,25,30)/t17-/m1/s1. The van der Waals surface area contributed by atoms with Gasteiger partial charge in [-0.1, -0.05) is 31.2 Å². The Kier molecular flexibility index (Phi) is 9.95. The lowest BCUT2D eigenvalue weighted by molar-refractivity contribution is -0.140. The van der Waals surface area contributed by atoms with E-state index in [4.69, 9.17) is 5.11 Å². The van der Waals surface area contributed by atoms with E-state index in [-0.39, 0.29) is 43.5 Å². The second kappa shape index (κ2) is 12.4. The van der Waals surface area contributed by atoms with Gasteiger partial charge in [-0.2, -0.15) is 0 Å². The van der Waals surface area contributed by atoms with E-state index in [9.17, 15) is 22.4 Å². The highest BCUT2D eigenvalue weighted by atomic mass is 32.2. The lowest BCUT2D eigenvalue weighted by Crippen LogP contribution is -2.48. The molecule has 0 bridgehead atoms. The minimum Gasteiger partial charge on any atom is -0.395 e. The first kappa shape index (κ1) is 26.4. The predicted octanol–water partition coefficient (Wildman–Crippen LogP) is 1.58. The Bertz CT molecular complexity index is 1030. The molecule has 2 rings (SSSR count). The molecule has 0 heterocycles. The van der Waals surface area contributed by atoms with Crippen LogP contribution in [0.2, 0.25) is 0 Å². The van der Waals surface area contributed by atoms with Crippen LogP contribution in [-0.4, -0.2) is 56.0 Å². The van der Waals surface area contributed by atoms with Gasteiger partial charge >= 0.3 is 0 Å². The zero-order valence-electron chi connectivity index (χ0n) is 18.8. The second-order valence-corrected chi connectivity index (χ2v) is 9.25. The first-order chi connectivity index (χ1) is 15.7. The summed E-state index contributed by atoms with van der Waals surface area (Å²) in [6, 6.07) is 11.2. The summed E-state index contributed by atoms with van der Waals surface area (Å²) in [5.74, 6) is -1.09. The van der Waals surface area contributed by atoms with Gasteiger partial charge in [0.25, 0.3) is 0 Å². The summed E-state index contributed by atoms with van der Waals surface area (Å²) in [4.78, 5) is 27.0. The summed E-state index contributed by atoms with van der Waals surface area (Å²) >= 11 is 0. The van der Waals surface area contributed by atoms with E-state index < -0.39 is 27.8 Å². The maximum atomic E-state index is 13.3. The van der Waals surface area contributed by atoms with E-state index in [2.05, 4.69) is 10.0 Å². The molecule has 0 saturated carbocycles. The molecule has 0 unspecified atom stereocenters. The van der Waals surface area contributed by atoms with Crippen LogP contribution in [0.1, 0.15) is 31.4 Å². The normalized spacial score (nSPS) is 12.2. The van der Waals surface area contributed by atoms with Gasteiger partial charge in [0.1, 0.15) is 11.9 Å². The topological polar surface area (TPSA) is 116 Å². The van der Waals surface area contributed by atoms with Crippen LogP contribution in [0.4, 0.5) is 4.39 Å². The zero-order valence-corrected chi connectivity index (χ0v) is 19.6. The van der Waals surface area contributed by atoms with E-state index in [0.29, 0.717) is 12.0 Å². The molecule has 180 valence electrons. The molecule has 8 nitrogen and oxygen atoms in total. The third kappa shape index (κ3) is 7.92. The minimum atomic E-state index is -3.55. The fourth-order valence-corrected chi connectivity index (χ4v) is 4.24. The molecule has 2 aromatic rings. The highest BCUT2D eigenvalue weighted by molar-refractivity contribution is 7.89. The van der Waals surface area contributed by atoms with Crippen molar-refractivity contribution in [2.45, 2.75) is 44.2 Å². The number of hydrogen-bond donors (Lipinski definition) is 3. The number of hydrogen-bond acceptors (Lipinski definition) is 5. The second-order valence-electron chi connectivity index (χ2n) is 7.48. The van der Waals surface area contributed by atoms with Crippen molar-refractivity contribution >= 4 is 21.8 Å². The van der Waals surface area contributed by atoms with Gasteiger partial charge in [-0.15, -0.1) is 0 Å². The Labute approximate surface area is 193 Å². The number of aryl methyl sites for hydroxylation is 1. The Morgan fingerprint density at radius 2 is 1.67 bits per heavy atom. The van der Waals surface area contributed by atoms with Crippen LogP contribution in [0.25, 0.3) is 0 Å². The molecule has 0 aliphatic heterocycles. The molecular weight excluding hydrogens is 449 g/mol. The molecule has 2 amide bonds. The highest BCUT2D eigenvalue weighted by Gasteiger charge is 2.25. The van der Waals surface area contributed by atoms with Crippen LogP contribution < -0.4 is 10.0 Å². The molecule has 0 aliphatic carbocycles. The molecule has 0 saturated heterocycles. The number of nitrogens with one attached hydrogen (secondary N) is 2. The Morgan fingerprint density at radius 3 is 2.24 bits per heavy atom. The van der Waals surface area contributed by atoms with Crippen LogP contribution in [0.3, 0.4) is 0 Å². The number of carbonyl (C=O) groups excluding carboxylic acids is 2.